The first-order chi connectivity index (χ1) is 10.5. The Morgan fingerprint density at radius 2 is 1.70 bits per heavy atom. The summed E-state index contributed by atoms with van der Waals surface area (Å²) in [4.78, 5) is 0. The topological polar surface area (TPSA) is 18.5 Å². The lowest BCUT2D eigenvalue weighted by Gasteiger charge is -2.44. The van der Waals surface area contributed by atoms with Crippen LogP contribution in [0.25, 0.3) is 0 Å². The van der Waals surface area contributed by atoms with Crippen LogP contribution in [0.2, 0.25) is 18.1 Å². The van der Waals surface area contributed by atoms with Crippen molar-refractivity contribution in [2.75, 3.05) is 0 Å². The lowest BCUT2D eigenvalue weighted by Crippen LogP contribution is -2.49. The van der Waals surface area contributed by atoms with Gasteiger partial charge in [0.25, 0.3) is 0 Å². The molecule has 0 heterocycles. The fourth-order valence-electron chi connectivity index (χ4n) is 2.35. The second-order valence-electron chi connectivity index (χ2n) is 8.07. The van der Waals surface area contributed by atoms with Gasteiger partial charge in [-0.2, -0.15) is 0 Å². The molecular weight excluding hydrogens is 314 g/mol. The van der Waals surface area contributed by atoms with Gasteiger partial charge >= 0.3 is 0 Å². The zero-order chi connectivity index (χ0) is 17.4. The van der Waals surface area contributed by atoms with Gasteiger partial charge in [0.05, 0.1) is 12.7 Å². The molecule has 1 aliphatic carbocycles. The fourth-order valence-corrected chi connectivity index (χ4v) is 3.73. The first kappa shape index (κ1) is 18.6. The zero-order valence-corrected chi connectivity index (χ0v) is 16.0. The molecule has 1 aromatic carbocycles. The van der Waals surface area contributed by atoms with Crippen molar-refractivity contribution in [2.45, 2.75) is 77.5 Å². The van der Waals surface area contributed by atoms with Crippen LogP contribution in [-0.2, 0) is 15.8 Å². The van der Waals surface area contributed by atoms with Crippen molar-refractivity contribution in [1.29, 1.82) is 0 Å². The van der Waals surface area contributed by atoms with Crippen molar-refractivity contribution in [3.8, 4) is 0 Å². The molecule has 1 saturated carbocycles. The van der Waals surface area contributed by atoms with E-state index in [1.165, 1.54) is 0 Å². The third kappa shape index (κ3) is 4.20. The van der Waals surface area contributed by atoms with E-state index in [0.717, 1.165) is 12.8 Å². The van der Waals surface area contributed by atoms with E-state index in [4.69, 9.17) is 9.16 Å². The Bertz CT molecular complexity index is 561. The number of rotatable bonds is 5. The molecule has 0 amide bonds. The SMILES string of the molecule is Cc1ccc(COC2CC(O[Si](C)(C)C(C)(C)C)C2)c(F)c1F. The molecule has 1 fully saturated rings. The van der Waals surface area contributed by atoms with Gasteiger partial charge in [0.2, 0.25) is 0 Å². The lowest BCUT2D eigenvalue weighted by molar-refractivity contribution is -0.0732. The molecule has 0 radical (unpaired) electrons. The van der Waals surface area contributed by atoms with Crippen LogP contribution in [0.3, 0.4) is 0 Å². The van der Waals surface area contributed by atoms with E-state index in [2.05, 4.69) is 33.9 Å². The molecule has 1 aliphatic rings. The van der Waals surface area contributed by atoms with Crippen molar-refractivity contribution >= 4 is 8.32 Å². The Hall–Kier alpha value is -0.783. The summed E-state index contributed by atoms with van der Waals surface area (Å²) in [7, 11) is -1.74. The van der Waals surface area contributed by atoms with Crippen molar-refractivity contribution in [1.82, 2.24) is 0 Å². The third-order valence-corrected chi connectivity index (χ3v) is 9.68. The highest BCUT2D eigenvalue weighted by molar-refractivity contribution is 6.74. The highest BCUT2D eigenvalue weighted by Crippen LogP contribution is 2.40. The van der Waals surface area contributed by atoms with E-state index in [1.54, 1.807) is 19.1 Å². The van der Waals surface area contributed by atoms with Crippen LogP contribution in [0.5, 0.6) is 0 Å². The van der Waals surface area contributed by atoms with Crippen LogP contribution < -0.4 is 0 Å². The number of hydrogen-bond donors (Lipinski definition) is 0. The normalized spacial score (nSPS) is 22.1. The summed E-state index contributed by atoms with van der Waals surface area (Å²) in [5, 5.41) is 0.196. The summed E-state index contributed by atoms with van der Waals surface area (Å²) in [6.07, 6.45) is 1.99. The highest BCUT2D eigenvalue weighted by Gasteiger charge is 2.42. The molecule has 0 N–H and O–H groups in total. The summed E-state index contributed by atoms with van der Waals surface area (Å²) in [6.45, 7) is 12.8. The minimum absolute atomic E-state index is 0.0773. The van der Waals surface area contributed by atoms with E-state index in [1.807, 2.05) is 0 Å². The second kappa shape index (κ2) is 6.61. The van der Waals surface area contributed by atoms with Crippen molar-refractivity contribution in [2.24, 2.45) is 0 Å². The Morgan fingerprint density at radius 1 is 1.09 bits per heavy atom. The second-order valence-corrected chi connectivity index (χ2v) is 12.8. The van der Waals surface area contributed by atoms with Crippen molar-refractivity contribution < 1.29 is 17.9 Å². The largest absolute Gasteiger partial charge is 0.414 e. The summed E-state index contributed by atoms with van der Waals surface area (Å²) in [6, 6.07) is 3.18. The van der Waals surface area contributed by atoms with Crippen LogP contribution in [0.15, 0.2) is 12.1 Å². The molecule has 0 unspecified atom stereocenters. The van der Waals surface area contributed by atoms with E-state index in [-0.39, 0.29) is 29.4 Å². The zero-order valence-electron chi connectivity index (χ0n) is 15.0. The quantitative estimate of drug-likeness (QED) is 0.672. The molecule has 0 bridgehead atoms. The van der Waals surface area contributed by atoms with E-state index >= 15 is 0 Å². The van der Waals surface area contributed by atoms with E-state index in [0.29, 0.717) is 5.56 Å². The van der Waals surface area contributed by atoms with Crippen LogP contribution >= 0.6 is 0 Å². The molecule has 0 atom stereocenters. The fraction of sp³-hybridized carbons (Fsp3) is 0.667. The first-order valence-corrected chi connectivity index (χ1v) is 11.1. The Kier molecular flexibility index (Phi) is 5.33. The molecule has 0 spiro atoms. The molecule has 0 saturated heterocycles. The Morgan fingerprint density at radius 3 is 2.26 bits per heavy atom. The van der Waals surface area contributed by atoms with Gasteiger partial charge in [0, 0.05) is 11.7 Å². The highest BCUT2D eigenvalue weighted by atomic mass is 28.4. The van der Waals surface area contributed by atoms with Gasteiger partial charge < -0.3 is 9.16 Å². The maximum atomic E-state index is 13.8. The molecular formula is C18H28F2O2Si. The summed E-state index contributed by atoms with van der Waals surface area (Å²) < 4.78 is 39.3. The Labute approximate surface area is 139 Å². The van der Waals surface area contributed by atoms with E-state index < -0.39 is 20.0 Å². The molecule has 5 heteroatoms. The average molecular weight is 343 g/mol. The van der Waals surface area contributed by atoms with Crippen LogP contribution in [0.1, 0.15) is 44.7 Å². The average Bonchev–Trinajstić information content (AvgIpc) is 2.39. The summed E-state index contributed by atoms with van der Waals surface area (Å²) >= 11 is 0. The third-order valence-electron chi connectivity index (χ3n) is 5.15. The van der Waals surface area contributed by atoms with Gasteiger partial charge in [-0.15, -0.1) is 0 Å². The number of benzene rings is 1. The van der Waals surface area contributed by atoms with Crippen molar-refractivity contribution in [3.63, 3.8) is 0 Å². The number of hydrogen-bond acceptors (Lipinski definition) is 2. The monoisotopic (exact) mass is 342 g/mol. The van der Waals surface area contributed by atoms with Crippen molar-refractivity contribution in [3.05, 3.63) is 34.9 Å². The maximum absolute atomic E-state index is 13.8. The minimum atomic E-state index is -1.74. The van der Waals surface area contributed by atoms with Crippen LogP contribution in [0.4, 0.5) is 8.78 Å². The molecule has 2 nitrogen and oxygen atoms in total. The van der Waals surface area contributed by atoms with Gasteiger partial charge in [0.1, 0.15) is 0 Å². The molecule has 1 aromatic rings. The van der Waals surface area contributed by atoms with Crippen LogP contribution in [0, 0.1) is 18.6 Å². The van der Waals surface area contributed by atoms with Gasteiger partial charge in [0.15, 0.2) is 20.0 Å². The van der Waals surface area contributed by atoms with Gasteiger partial charge in [-0.1, -0.05) is 32.9 Å². The Balaban J connectivity index is 1.80. The summed E-state index contributed by atoms with van der Waals surface area (Å²) in [5.74, 6) is -1.57. The van der Waals surface area contributed by atoms with Gasteiger partial charge in [-0.05, 0) is 43.5 Å². The minimum Gasteiger partial charge on any atom is -0.414 e. The molecule has 23 heavy (non-hydrogen) atoms. The first-order valence-electron chi connectivity index (χ1n) is 8.24. The molecule has 0 aromatic heterocycles. The molecule has 0 aliphatic heterocycles. The van der Waals surface area contributed by atoms with E-state index in [9.17, 15) is 8.78 Å². The molecule has 2 rings (SSSR count). The maximum Gasteiger partial charge on any atom is 0.192 e. The number of ether oxygens (including phenoxy) is 1. The molecule has 130 valence electrons. The number of aryl methyl sites for hydroxylation is 1. The summed E-state index contributed by atoms with van der Waals surface area (Å²) in [5.41, 5.74) is 0.597. The standard InChI is InChI=1S/C18H28F2O2Si/c1-12-7-8-13(17(20)16(12)19)11-21-14-9-15(10-14)22-23(5,6)18(2,3)4/h7-8,14-15H,9-11H2,1-6H3. The predicted octanol–water partition coefficient (Wildman–Crippen LogP) is 5.34. The van der Waals surface area contributed by atoms with Gasteiger partial charge in [-0.25, -0.2) is 8.78 Å². The van der Waals surface area contributed by atoms with Crippen LogP contribution in [-0.4, -0.2) is 20.5 Å². The van der Waals surface area contributed by atoms with Gasteiger partial charge in [-0.3, -0.25) is 0 Å². The lowest BCUT2D eigenvalue weighted by atomic mass is 9.92. The number of halogens is 2. The smallest absolute Gasteiger partial charge is 0.192 e. The predicted molar refractivity (Wildman–Crippen MR) is 91.0 cm³/mol.